The number of aliphatic hydroxyl groups is 2. The fourth-order valence-corrected chi connectivity index (χ4v) is 2.09. The molecule has 1 aliphatic rings. The molecule has 0 aliphatic carbocycles. The van der Waals surface area contributed by atoms with Crippen molar-refractivity contribution in [1.29, 1.82) is 0 Å². The Morgan fingerprint density at radius 1 is 1.20 bits per heavy atom. The van der Waals surface area contributed by atoms with Crippen LogP contribution >= 0.6 is 0 Å². The highest BCUT2D eigenvalue weighted by molar-refractivity contribution is 5.74. The molecule has 0 saturated carbocycles. The highest BCUT2D eigenvalue weighted by atomic mass is 16.4. The zero-order valence-corrected chi connectivity index (χ0v) is 11.5. The van der Waals surface area contributed by atoms with Crippen molar-refractivity contribution in [1.82, 2.24) is 15.1 Å². The maximum absolute atomic E-state index is 11.9. The predicted octanol–water partition coefficient (Wildman–Crippen LogP) is -1.47. The Bertz CT molecular complexity index is 326. The Morgan fingerprint density at radius 2 is 1.95 bits per heavy atom. The summed E-state index contributed by atoms with van der Waals surface area (Å²) < 4.78 is 0. The molecule has 1 saturated heterocycles. The predicted molar refractivity (Wildman–Crippen MR) is 71.4 cm³/mol. The molecule has 8 nitrogen and oxygen atoms in total. The molecule has 0 bridgehead atoms. The Hall–Kier alpha value is -1.38. The summed E-state index contributed by atoms with van der Waals surface area (Å²) in [5.41, 5.74) is 0. The monoisotopic (exact) mass is 289 g/mol. The molecule has 1 atom stereocenters. The van der Waals surface area contributed by atoms with Crippen molar-refractivity contribution >= 4 is 12.0 Å². The van der Waals surface area contributed by atoms with Gasteiger partial charge in [-0.1, -0.05) is 0 Å². The number of hydrogen-bond donors (Lipinski definition) is 4. The quantitative estimate of drug-likeness (QED) is 0.475. The van der Waals surface area contributed by atoms with E-state index in [1.54, 1.807) is 4.90 Å². The van der Waals surface area contributed by atoms with Crippen LogP contribution in [-0.2, 0) is 4.79 Å². The maximum Gasteiger partial charge on any atom is 0.332 e. The van der Waals surface area contributed by atoms with Gasteiger partial charge < -0.3 is 25.5 Å². The summed E-state index contributed by atoms with van der Waals surface area (Å²) in [6, 6.07) is -0.242. The maximum atomic E-state index is 11.9. The number of aliphatic hydroxyl groups excluding tert-OH is 2. The standard InChI is InChI=1S/C12H23N3O5/c16-9-8-14-4-1-5-15(7-6-14)12(20)13-3-2-10(17)11(18)19/h10,16-17H,1-9H2,(H,13,20)(H,18,19). The summed E-state index contributed by atoms with van der Waals surface area (Å²) in [5, 5.41) is 29.1. The van der Waals surface area contributed by atoms with E-state index in [0.717, 1.165) is 13.0 Å². The first-order valence-corrected chi connectivity index (χ1v) is 6.81. The number of hydrogen-bond acceptors (Lipinski definition) is 5. The van der Waals surface area contributed by atoms with Gasteiger partial charge in [0.1, 0.15) is 0 Å². The summed E-state index contributed by atoms with van der Waals surface area (Å²) in [6.45, 7) is 3.62. The molecule has 0 aromatic rings. The lowest BCUT2D eigenvalue weighted by Crippen LogP contribution is -2.43. The molecule has 0 aromatic heterocycles. The first-order chi connectivity index (χ1) is 9.54. The van der Waals surface area contributed by atoms with Crippen LogP contribution in [0.2, 0.25) is 0 Å². The van der Waals surface area contributed by atoms with Gasteiger partial charge in [0, 0.05) is 39.1 Å². The van der Waals surface area contributed by atoms with Crippen LogP contribution in [0.25, 0.3) is 0 Å². The zero-order valence-electron chi connectivity index (χ0n) is 11.5. The third-order valence-corrected chi connectivity index (χ3v) is 3.27. The average Bonchev–Trinajstić information content (AvgIpc) is 2.64. The van der Waals surface area contributed by atoms with Gasteiger partial charge in [0.2, 0.25) is 0 Å². The molecule has 0 radical (unpaired) electrons. The molecule has 2 amide bonds. The number of amides is 2. The van der Waals surface area contributed by atoms with Gasteiger partial charge in [-0.25, -0.2) is 9.59 Å². The first kappa shape index (κ1) is 16.7. The second-order valence-corrected chi connectivity index (χ2v) is 4.78. The molecule has 1 aliphatic heterocycles. The first-order valence-electron chi connectivity index (χ1n) is 6.81. The number of carboxylic acid groups (broad SMARTS) is 1. The van der Waals surface area contributed by atoms with Gasteiger partial charge in [-0.3, -0.25) is 4.90 Å². The van der Waals surface area contributed by atoms with Crippen LogP contribution in [0.4, 0.5) is 4.79 Å². The Kier molecular flexibility index (Phi) is 7.27. The summed E-state index contributed by atoms with van der Waals surface area (Å²) in [5.74, 6) is -1.28. The average molecular weight is 289 g/mol. The number of rotatable bonds is 6. The van der Waals surface area contributed by atoms with Crippen LogP contribution in [0, 0.1) is 0 Å². The highest BCUT2D eigenvalue weighted by Gasteiger charge is 2.19. The number of urea groups is 1. The lowest BCUT2D eigenvalue weighted by molar-refractivity contribution is -0.146. The number of carbonyl (C=O) groups is 2. The lowest BCUT2D eigenvalue weighted by Gasteiger charge is -2.22. The number of nitrogens with zero attached hydrogens (tertiary/aromatic N) is 2. The van der Waals surface area contributed by atoms with Crippen molar-refractivity contribution in [2.45, 2.75) is 18.9 Å². The van der Waals surface area contributed by atoms with E-state index in [1.807, 2.05) is 0 Å². The molecule has 1 fully saturated rings. The molecule has 0 spiro atoms. The summed E-state index contributed by atoms with van der Waals surface area (Å²) in [4.78, 5) is 26.1. The molecule has 0 aromatic carbocycles. The minimum absolute atomic E-state index is 0.00838. The van der Waals surface area contributed by atoms with Crippen LogP contribution in [0.1, 0.15) is 12.8 Å². The van der Waals surface area contributed by atoms with E-state index in [2.05, 4.69) is 10.2 Å². The largest absolute Gasteiger partial charge is 0.479 e. The van der Waals surface area contributed by atoms with E-state index >= 15 is 0 Å². The van der Waals surface area contributed by atoms with Gasteiger partial charge in [-0.05, 0) is 13.0 Å². The van der Waals surface area contributed by atoms with E-state index in [1.165, 1.54) is 0 Å². The molecule has 1 unspecified atom stereocenters. The third-order valence-electron chi connectivity index (χ3n) is 3.27. The zero-order chi connectivity index (χ0) is 15.0. The summed E-state index contributed by atoms with van der Waals surface area (Å²) in [7, 11) is 0. The molecular formula is C12H23N3O5. The number of carboxylic acids is 1. The minimum atomic E-state index is -1.44. The fourth-order valence-electron chi connectivity index (χ4n) is 2.09. The van der Waals surface area contributed by atoms with E-state index in [9.17, 15) is 9.59 Å². The highest BCUT2D eigenvalue weighted by Crippen LogP contribution is 2.03. The molecule has 8 heteroatoms. The van der Waals surface area contributed by atoms with Crippen molar-refractivity contribution in [3.8, 4) is 0 Å². The van der Waals surface area contributed by atoms with Gasteiger partial charge in [0.15, 0.2) is 6.10 Å². The Balaban J connectivity index is 2.27. The molecule has 116 valence electrons. The number of carbonyl (C=O) groups excluding carboxylic acids is 1. The van der Waals surface area contributed by atoms with Crippen molar-refractivity contribution < 1.29 is 24.9 Å². The molecular weight excluding hydrogens is 266 g/mol. The van der Waals surface area contributed by atoms with E-state index in [4.69, 9.17) is 15.3 Å². The van der Waals surface area contributed by atoms with Crippen LogP contribution in [0.15, 0.2) is 0 Å². The summed E-state index contributed by atoms with van der Waals surface area (Å²) >= 11 is 0. The van der Waals surface area contributed by atoms with Gasteiger partial charge in [0.05, 0.1) is 6.61 Å². The van der Waals surface area contributed by atoms with Crippen molar-refractivity contribution in [2.75, 3.05) is 45.9 Å². The van der Waals surface area contributed by atoms with Crippen LogP contribution < -0.4 is 5.32 Å². The second-order valence-electron chi connectivity index (χ2n) is 4.78. The van der Waals surface area contributed by atoms with Crippen molar-refractivity contribution in [2.24, 2.45) is 0 Å². The third kappa shape index (κ3) is 5.72. The SMILES string of the molecule is O=C(O)C(O)CCNC(=O)N1CCCN(CCO)CC1. The van der Waals surface area contributed by atoms with Crippen LogP contribution in [0.3, 0.4) is 0 Å². The van der Waals surface area contributed by atoms with Gasteiger partial charge in [-0.2, -0.15) is 0 Å². The number of aliphatic carboxylic acids is 1. The van der Waals surface area contributed by atoms with Crippen molar-refractivity contribution in [3.63, 3.8) is 0 Å². The van der Waals surface area contributed by atoms with Gasteiger partial charge in [-0.15, -0.1) is 0 Å². The Labute approximate surface area is 118 Å². The van der Waals surface area contributed by atoms with Crippen LogP contribution in [0.5, 0.6) is 0 Å². The minimum Gasteiger partial charge on any atom is -0.479 e. The van der Waals surface area contributed by atoms with Crippen LogP contribution in [-0.4, -0.2) is 89.1 Å². The molecule has 1 rings (SSSR count). The number of nitrogens with one attached hydrogen (secondary N) is 1. The van der Waals surface area contributed by atoms with Gasteiger partial charge >= 0.3 is 12.0 Å². The Morgan fingerprint density at radius 3 is 2.60 bits per heavy atom. The normalized spacial score (nSPS) is 18.4. The molecule has 4 N–H and O–H groups in total. The molecule has 1 heterocycles. The van der Waals surface area contributed by atoms with E-state index < -0.39 is 12.1 Å². The van der Waals surface area contributed by atoms with E-state index in [-0.39, 0.29) is 25.6 Å². The van der Waals surface area contributed by atoms with Crippen molar-refractivity contribution in [3.05, 3.63) is 0 Å². The van der Waals surface area contributed by atoms with E-state index in [0.29, 0.717) is 26.2 Å². The molecule has 20 heavy (non-hydrogen) atoms. The smallest absolute Gasteiger partial charge is 0.332 e. The fraction of sp³-hybridized carbons (Fsp3) is 0.833. The second kappa shape index (κ2) is 8.72. The van der Waals surface area contributed by atoms with Gasteiger partial charge in [0.25, 0.3) is 0 Å². The lowest BCUT2D eigenvalue weighted by atomic mass is 10.2. The summed E-state index contributed by atoms with van der Waals surface area (Å²) in [6.07, 6.45) is -0.615. The number of β-amino-alcohol motifs (C(OH)–C–C–N with tert-alkyl or cyclic N) is 1. The topological polar surface area (TPSA) is 113 Å².